The lowest BCUT2D eigenvalue weighted by Crippen LogP contribution is -1.85. The standard InChI is InChI=1S/C15H30/c1-5-7-8-9-10-11-12-13-15(4)14(3)6-2/h5-13H2,1-4H3. The summed E-state index contributed by atoms with van der Waals surface area (Å²) in [5.74, 6) is 0. The molecule has 0 aromatic rings. The van der Waals surface area contributed by atoms with E-state index in [9.17, 15) is 0 Å². The Morgan fingerprint density at radius 3 is 1.73 bits per heavy atom. The average molecular weight is 210 g/mol. The summed E-state index contributed by atoms with van der Waals surface area (Å²) in [4.78, 5) is 0. The van der Waals surface area contributed by atoms with E-state index in [0.717, 1.165) is 0 Å². The van der Waals surface area contributed by atoms with Gasteiger partial charge in [0, 0.05) is 0 Å². The molecule has 15 heavy (non-hydrogen) atoms. The molecular formula is C15H30. The molecule has 0 aliphatic heterocycles. The predicted molar refractivity (Wildman–Crippen MR) is 71.3 cm³/mol. The summed E-state index contributed by atoms with van der Waals surface area (Å²) in [7, 11) is 0. The molecule has 90 valence electrons. The molecule has 0 aromatic heterocycles. The van der Waals surface area contributed by atoms with Gasteiger partial charge in [-0.15, -0.1) is 0 Å². The van der Waals surface area contributed by atoms with Crippen LogP contribution < -0.4 is 0 Å². The van der Waals surface area contributed by atoms with Crippen LogP contribution in [0.2, 0.25) is 0 Å². The summed E-state index contributed by atoms with van der Waals surface area (Å²) in [5, 5.41) is 0. The molecule has 0 atom stereocenters. The highest BCUT2D eigenvalue weighted by Crippen LogP contribution is 2.16. The molecule has 0 rings (SSSR count). The number of rotatable bonds is 9. The van der Waals surface area contributed by atoms with Crippen molar-refractivity contribution in [1.82, 2.24) is 0 Å². The fourth-order valence-electron chi connectivity index (χ4n) is 1.86. The summed E-state index contributed by atoms with van der Waals surface area (Å²) in [6.45, 7) is 9.11. The van der Waals surface area contributed by atoms with Gasteiger partial charge in [0.2, 0.25) is 0 Å². The van der Waals surface area contributed by atoms with Crippen LogP contribution in [0.4, 0.5) is 0 Å². The van der Waals surface area contributed by atoms with Gasteiger partial charge in [0.25, 0.3) is 0 Å². The minimum absolute atomic E-state index is 1.22. The minimum atomic E-state index is 1.22. The van der Waals surface area contributed by atoms with E-state index in [1.807, 2.05) is 0 Å². The zero-order chi connectivity index (χ0) is 11.5. The van der Waals surface area contributed by atoms with E-state index in [1.165, 1.54) is 57.8 Å². The highest BCUT2D eigenvalue weighted by molar-refractivity contribution is 5.08. The second kappa shape index (κ2) is 10.3. The Kier molecular flexibility index (Phi) is 10.1. The number of hydrogen-bond donors (Lipinski definition) is 0. The molecule has 0 heteroatoms. The molecule has 0 N–H and O–H groups in total. The second-order valence-electron chi connectivity index (χ2n) is 4.79. The number of hydrogen-bond acceptors (Lipinski definition) is 0. The van der Waals surface area contributed by atoms with Crippen molar-refractivity contribution < 1.29 is 0 Å². The summed E-state index contributed by atoms with van der Waals surface area (Å²) >= 11 is 0. The van der Waals surface area contributed by atoms with Gasteiger partial charge in [0.1, 0.15) is 0 Å². The third-order valence-electron chi connectivity index (χ3n) is 3.41. The van der Waals surface area contributed by atoms with E-state index in [1.54, 1.807) is 11.1 Å². The fraction of sp³-hybridized carbons (Fsp3) is 0.867. The first-order valence-corrected chi connectivity index (χ1v) is 6.87. The first-order valence-electron chi connectivity index (χ1n) is 6.87. The Bertz CT molecular complexity index is 165. The van der Waals surface area contributed by atoms with Crippen LogP contribution in [0, 0.1) is 0 Å². The van der Waals surface area contributed by atoms with E-state index in [-0.39, 0.29) is 0 Å². The van der Waals surface area contributed by atoms with Gasteiger partial charge in [-0.3, -0.25) is 0 Å². The van der Waals surface area contributed by atoms with Gasteiger partial charge >= 0.3 is 0 Å². The third kappa shape index (κ3) is 8.72. The van der Waals surface area contributed by atoms with E-state index in [4.69, 9.17) is 0 Å². The molecule has 0 heterocycles. The topological polar surface area (TPSA) is 0 Å². The van der Waals surface area contributed by atoms with Crippen molar-refractivity contribution >= 4 is 0 Å². The maximum Gasteiger partial charge on any atom is -0.0320 e. The zero-order valence-electron chi connectivity index (χ0n) is 11.4. The summed E-state index contributed by atoms with van der Waals surface area (Å²) in [6.07, 6.45) is 12.5. The van der Waals surface area contributed by atoms with Gasteiger partial charge in [0.15, 0.2) is 0 Å². The minimum Gasteiger partial charge on any atom is -0.0747 e. The molecular weight excluding hydrogens is 180 g/mol. The molecule has 0 fully saturated rings. The first kappa shape index (κ1) is 14.7. The van der Waals surface area contributed by atoms with Crippen LogP contribution in [0.15, 0.2) is 11.1 Å². The third-order valence-corrected chi connectivity index (χ3v) is 3.41. The Morgan fingerprint density at radius 1 is 0.667 bits per heavy atom. The Balaban J connectivity index is 3.31. The Labute approximate surface area is 97.2 Å². The van der Waals surface area contributed by atoms with Crippen LogP contribution in [0.1, 0.15) is 85.5 Å². The van der Waals surface area contributed by atoms with Crippen molar-refractivity contribution in [2.24, 2.45) is 0 Å². The van der Waals surface area contributed by atoms with E-state index in [2.05, 4.69) is 27.7 Å². The normalized spacial score (nSPS) is 12.8. The van der Waals surface area contributed by atoms with Crippen molar-refractivity contribution in [3.8, 4) is 0 Å². The Hall–Kier alpha value is -0.260. The smallest absolute Gasteiger partial charge is 0.0320 e. The van der Waals surface area contributed by atoms with Gasteiger partial charge in [-0.1, -0.05) is 63.5 Å². The van der Waals surface area contributed by atoms with Crippen molar-refractivity contribution in [1.29, 1.82) is 0 Å². The molecule has 0 bridgehead atoms. The highest BCUT2D eigenvalue weighted by Gasteiger charge is 1.95. The van der Waals surface area contributed by atoms with Crippen LogP contribution in [-0.2, 0) is 0 Å². The lowest BCUT2D eigenvalue weighted by atomic mass is 10.0. The first-order chi connectivity index (χ1) is 7.22. The van der Waals surface area contributed by atoms with Crippen LogP contribution in [0.3, 0.4) is 0 Å². The van der Waals surface area contributed by atoms with Crippen LogP contribution in [0.25, 0.3) is 0 Å². The number of unbranched alkanes of at least 4 members (excludes halogenated alkanes) is 6. The molecule has 0 saturated carbocycles. The van der Waals surface area contributed by atoms with Crippen LogP contribution in [0.5, 0.6) is 0 Å². The molecule has 0 radical (unpaired) electrons. The lowest BCUT2D eigenvalue weighted by molar-refractivity contribution is 0.587. The lowest BCUT2D eigenvalue weighted by Gasteiger charge is -2.05. The summed E-state index contributed by atoms with van der Waals surface area (Å²) in [5.41, 5.74) is 3.23. The molecule has 0 unspecified atom stereocenters. The molecule has 0 aliphatic rings. The quantitative estimate of drug-likeness (QED) is 0.329. The van der Waals surface area contributed by atoms with Crippen molar-refractivity contribution in [3.63, 3.8) is 0 Å². The van der Waals surface area contributed by atoms with Crippen molar-refractivity contribution in [2.45, 2.75) is 85.5 Å². The maximum absolute atomic E-state index is 2.30. The van der Waals surface area contributed by atoms with Crippen molar-refractivity contribution in [2.75, 3.05) is 0 Å². The molecule has 0 amide bonds. The van der Waals surface area contributed by atoms with E-state index in [0.29, 0.717) is 0 Å². The van der Waals surface area contributed by atoms with E-state index < -0.39 is 0 Å². The summed E-state index contributed by atoms with van der Waals surface area (Å²) < 4.78 is 0. The van der Waals surface area contributed by atoms with Crippen molar-refractivity contribution in [3.05, 3.63) is 11.1 Å². The van der Waals surface area contributed by atoms with Gasteiger partial charge in [-0.2, -0.15) is 0 Å². The molecule has 0 nitrogen and oxygen atoms in total. The molecule has 0 saturated heterocycles. The monoisotopic (exact) mass is 210 g/mol. The predicted octanol–water partition coefficient (Wildman–Crippen LogP) is 5.87. The molecule has 0 spiro atoms. The van der Waals surface area contributed by atoms with Gasteiger partial charge in [-0.05, 0) is 33.1 Å². The molecule has 0 aliphatic carbocycles. The van der Waals surface area contributed by atoms with E-state index >= 15 is 0 Å². The summed E-state index contributed by atoms with van der Waals surface area (Å²) in [6, 6.07) is 0. The zero-order valence-corrected chi connectivity index (χ0v) is 11.4. The Morgan fingerprint density at radius 2 is 1.20 bits per heavy atom. The molecule has 0 aromatic carbocycles. The van der Waals surface area contributed by atoms with Crippen LogP contribution in [-0.4, -0.2) is 0 Å². The largest absolute Gasteiger partial charge is 0.0747 e. The number of allylic oxidation sites excluding steroid dienone is 2. The average Bonchev–Trinajstić information content (AvgIpc) is 2.26. The second-order valence-corrected chi connectivity index (χ2v) is 4.79. The van der Waals surface area contributed by atoms with Gasteiger partial charge in [-0.25, -0.2) is 0 Å². The highest BCUT2D eigenvalue weighted by atomic mass is 14.0. The maximum atomic E-state index is 2.30. The fourth-order valence-corrected chi connectivity index (χ4v) is 1.86. The van der Waals surface area contributed by atoms with Gasteiger partial charge in [0.05, 0.1) is 0 Å². The van der Waals surface area contributed by atoms with Crippen LogP contribution >= 0.6 is 0 Å². The van der Waals surface area contributed by atoms with Gasteiger partial charge < -0.3 is 0 Å². The SMILES string of the molecule is CCCCCCCCCC(C)=C(C)CC.